The van der Waals surface area contributed by atoms with E-state index in [1.807, 2.05) is 18.2 Å². The van der Waals surface area contributed by atoms with Gasteiger partial charge in [0.2, 0.25) is 0 Å². The second kappa shape index (κ2) is 4.15. The fraction of sp³-hybridized carbons (Fsp3) is 0.417. The molecule has 0 aliphatic carbocycles. The smallest absolute Gasteiger partial charge is 0.137 e. The van der Waals surface area contributed by atoms with Gasteiger partial charge in [0.1, 0.15) is 4.33 Å². The lowest BCUT2D eigenvalue weighted by atomic mass is 10.1. The summed E-state index contributed by atoms with van der Waals surface area (Å²) in [5.41, 5.74) is 2.30. The third kappa shape index (κ3) is 2.53. The molecule has 2 rings (SSSR count). The first kappa shape index (κ1) is 11.0. The van der Waals surface area contributed by atoms with Crippen LogP contribution in [0.25, 0.3) is 0 Å². The molecular weight excluding hydrogens is 229 g/mol. The summed E-state index contributed by atoms with van der Waals surface area (Å²) in [5, 5.41) is 0. The molecule has 0 N–H and O–H groups in total. The molecule has 1 nitrogen and oxygen atoms in total. The second-order valence-electron chi connectivity index (χ2n) is 3.95. The van der Waals surface area contributed by atoms with Crippen molar-refractivity contribution in [3.63, 3.8) is 0 Å². The van der Waals surface area contributed by atoms with Crippen molar-refractivity contribution >= 4 is 28.9 Å². The van der Waals surface area contributed by atoms with Crippen LogP contribution in [0.3, 0.4) is 0 Å². The van der Waals surface area contributed by atoms with Crippen LogP contribution in [0.15, 0.2) is 35.3 Å². The lowest BCUT2D eigenvalue weighted by molar-refractivity contribution is 0.615. The number of halogens is 2. The van der Waals surface area contributed by atoms with E-state index in [2.05, 4.69) is 17.1 Å². The molecule has 0 radical (unpaired) electrons. The molecular formula is C12H13Cl2N. The van der Waals surface area contributed by atoms with Crippen LogP contribution in [0.4, 0.5) is 0 Å². The van der Waals surface area contributed by atoms with Crippen LogP contribution in [0.5, 0.6) is 0 Å². The highest BCUT2D eigenvalue weighted by Gasteiger charge is 2.33. The molecule has 1 aromatic carbocycles. The summed E-state index contributed by atoms with van der Waals surface area (Å²) >= 11 is 12.1. The number of benzene rings is 1. The van der Waals surface area contributed by atoms with Crippen LogP contribution in [0, 0.1) is 0 Å². The van der Waals surface area contributed by atoms with Crippen molar-refractivity contribution in [2.75, 3.05) is 0 Å². The summed E-state index contributed by atoms with van der Waals surface area (Å²) in [7, 11) is 0. The number of hydrogen-bond donors (Lipinski definition) is 0. The minimum Gasteiger partial charge on any atom is -0.283 e. The largest absolute Gasteiger partial charge is 0.283 e. The Morgan fingerprint density at radius 3 is 2.47 bits per heavy atom. The quantitative estimate of drug-likeness (QED) is 0.699. The van der Waals surface area contributed by atoms with Crippen molar-refractivity contribution in [3.8, 4) is 0 Å². The number of aliphatic imine (C=N–C) groups is 1. The molecule has 1 heterocycles. The van der Waals surface area contributed by atoms with E-state index in [9.17, 15) is 0 Å². The molecule has 3 heteroatoms. The highest BCUT2D eigenvalue weighted by Crippen LogP contribution is 2.34. The molecule has 1 atom stereocenters. The summed E-state index contributed by atoms with van der Waals surface area (Å²) in [6.45, 7) is 1.80. The lowest BCUT2D eigenvalue weighted by Gasteiger charge is -2.18. The van der Waals surface area contributed by atoms with Gasteiger partial charge in [-0.25, -0.2) is 0 Å². The van der Waals surface area contributed by atoms with E-state index in [-0.39, 0.29) is 6.04 Å². The van der Waals surface area contributed by atoms with E-state index in [1.165, 1.54) is 5.56 Å². The van der Waals surface area contributed by atoms with Crippen molar-refractivity contribution in [2.24, 2.45) is 4.99 Å². The summed E-state index contributed by atoms with van der Waals surface area (Å²) < 4.78 is -0.753. The normalized spacial score (nSPS) is 21.5. The maximum Gasteiger partial charge on any atom is 0.137 e. The van der Waals surface area contributed by atoms with Gasteiger partial charge in [-0.2, -0.15) is 0 Å². The molecule has 0 fully saturated rings. The van der Waals surface area contributed by atoms with Crippen molar-refractivity contribution in [3.05, 3.63) is 35.9 Å². The number of alkyl halides is 2. The molecule has 80 valence electrons. The Labute approximate surface area is 100 Å². The molecule has 1 unspecified atom stereocenters. The van der Waals surface area contributed by atoms with Crippen molar-refractivity contribution < 1.29 is 0 Å². The van der Waals surface area contributed by atoms with Crippen molar-refractivity contribution in [1.82, 2.24) is 0 Å². The number of rotatable bonds is 2. The van der Waals surface area contributed by atoms with Crippen LogP contribution < -0.4 is 0 Å². The SMILES string of the molecule is CC(Cl)(Cl)C1CCC(c2ccccc2)=N1. The van der Waals surface area contributed by atoms with Crippen LogP contribution in [-0.4, -0.2) is 16.1 Å². The molecule has 1 aliphatic rings. The monoisotopic (exact) mass is 241 g/mol. The van der Waals surface area contributed by atoms with Gasteiger partial charge in [0.15, 0.2) is 0 Å². The van der Waals surface area contributed by atoms with Crippen molar-refractivity contribution in [2.45, 2.75) is 30.1 Å². The molecule has 1 aromatic rings. The Morgan fingerprint density at radius 2 is 1.93 bits per heavy atom. The molecule has 15 heavy (non-hydrogen) atoms. The van der Waals surface area contributed by atoms with Crippen LogP contribution in [0.2, 0.25) is 0 Å². The Balaban J connectivity index is 2.21. The third-order valence-corrected chi connectivity index (χ3v) is 3.16. The first-order chi connectivity index (χ1) is 7.07. The standard InChI is InChI=1S/C12H13Cl2N/c1-12(13,14)11-8-7-10(15-11)9-5-3-2-4-6-9/h2-6,11H,7-8H2,1H3. The van der Waals surface area contributed by atoms with E-state index in [1.54, 1.807) is 6.92 Å². The van der Waals surface area contributed by atoms with Gasteiger partial charge in [-0.05, 0) is 25.3 Å². The van der Waals surface area contributed by atoms with Crippen LogP contribution in [-0.2, 0) is 0 Å². The molecule has 0 saturated carbocycles. The van der Waals surface area contributed by atoms with Gasteiger partial charge in [-0.1, -0.05) is 53.5 Å². The Hall–Kier alpha value is -0.530. The average Bonchev–Trinajstić information content (AvgIpc) is 2.67. The van der Waals surface area contributed by atoms with E-state index in [0.717, 1.165) is 18.6 Å². The minimum absolute atomic E-state index is 0.0241. The first-order valence-corrected chi connectivity index (χ1v) is 5.83. The van der Waals surface area contributed by atoms with Crippen LogP contribution in [0.1, 0.15) is 25.3 Å². The second-order valence-corrected chi connectivity index (χ2v) is 5.72. The highest BCUT2D eigenvalue weighted by molar-refractivity contribution is 6.48. The Bertz CT molecular complexity index is 365. The predicted molar refractivity (Wildman–Crippen MR) is 66.1 cm³/mol. The van der Waals surface area contributed by atoms with Gasteiger partial charge in [-0.15, -0.1) is 0 Å². The van der Waals surface area contributed by atoms with Gasteiger partial charge in [-0.3, -0.25) is 4.99 Å². The number of nitrogens with zero attached hydrogens (tertiary/aromatic N) is 1. The molecule has 0 aromatic heterocycles. The molecule has 0 amide bonds. The topological polar surface area (TPSA) is 12.4 Å². The van der Waals surface area contributed by atoms with E-state index < -0.39 is 4.33 Å². The van der Waals surface area contributed by atoms with E-state index in [4.69, 9.17) is 23.2 Å². The van der Waals surface area contributed by atoms with Gasteiger partial charge >= 0.3 is 0 Å². The highest BCUT2D eigenvalue weighted by atomic mass is 35.5. The van der Waals surface area contributed by atoms with Gasteiger partial charge in [0.25, 0.3) is 0 Å². The molecule has 0 spiro atoms. The molecule has 0 bridgehead atoms. The van der Waals surface area contributed by atoms with Gasteiger partial charge in [0.05, 0.1) is 6.04 Å². The minimum atomic E-state index is -0.753. The predicted octanol–water partition coefficient (Wildman–Crippen LogP) is 3.83. The fourth-order valence-electron chi connectivity index (χ4n) is 1.81. The third-order valence-electron chi connectivity index (χ3n) is 2.66. The summed E-state index contributed by atoms with van der Waals surface area (Å²) in [4.78, 5) is 4.58. The first-order valence-electron chi connectivity index (χ1n) is 5.07. The van der Waals surface area contributed by atoms with Crippen molar-refractivity contribution in [1.29, 1.82) is 0 Å². The average molecular weight is 242 g/mol. The van der Waals surface area contributed by atoms with Gasteiger partial charge in [0, 0.05) is 5.71 Å². The van der Waals surface area contributed by atoms with E-state index in [0.29, 0.717) is 0 Å². The van der Waals surface area contributed by atoms with Crippen LogP contribution >= 0.6 is 23.2 Å². The summed E-state index contributed by atoms with van der Waals surface area (Å²) in [6, 6.07) is 10.2. The zero-order chi connectivity index (χ0) is 10.9. The number of hydrogen-bond acceptors (Lipinski definition) is 1. The van der Waals surface area contributed by atoms with Gasteiger partial charge < -0.3 is 0 Å². The van der Waals surface area contributed by atoms with E-state index >= 15 is 0 Å². The Kier molecular flexibility index (Phi) is 3.03. The Morgan fingerprint density at radius 1 is 1.27 bits per heavy atom. The maximum atomic E-state index is 6.05. The summed E-state index contributed by atoms with van der Waals surface area (Å²) in [5.74, 6) is 0. The lowest BCUT2D eigenvalue weighted by Crippen LogP contribution is -2.23. The molecule has 1 aliphatic heterocycles. The zero-order valence-corrected chi connectivity index (χ0v) is 10.1. The maximum absolute atomic E-state index is 6.05. The zero-order valence-electron chi connectivity index (χ0n) is 8.58. The summed E-state index contributed by atoms with van der Waals surface area (Å²) in [6.07, 6.45) is 1.90. The fourth-order valence-corrected chi connectivity index (χ4v) is 2.12. The molecule has 0 saturated heterocycles.